The summed E-state index contributed by atoms with van der Waals surface area (Å²) in [6.07, 6.45) is 3.08. The maximum Gasteiger partial charge on any atom is 0.313 e. The first-order chi connectivity index (χ1) is 12.6. The van der Waals surface area contributed by atoms with Gasteiger partial charge in [0.2, 0.25) is 5.91 Å². The van der Waals surface area contributed by atoms with Crippen LogP contribution in [-0.4, -0.2) is 65.3 Å². The van der Waals surface area contributed by atoms with Gasteiger partial charge < -0.3 is 14.9 Å². The number of hydrogen-bond acceptors (Lipinski definition) is 4. The number of carbonyl (C=O) groups is 2. The van der Waals surface area contributed by atoms with Crippen molar-refractivity contribution >= 4 is 23.6 Å². The molecule has 2 aliphatic heterocycles. The fraction of sp³-hybridized carbons (Fsp3) is 0.600. The van der Waals surface area contributed by atoms with Crippen molar-refractivity contribution in [2.75, 3.05) is 38.5 Å². The van der Waals surface area contributed by atoms with E-state index in [1.165, 1.54) is 4.90 Å². The zero-order valence-electron chi connectivity index (χ0n) is 15.0. The molecule has 2 saturated heterocycles. The third-order valence-electron chi connectivity index (χ3n) is 6.29. The van der Waals surface area contributed by atoms with E-state index >= 15 is 0 Å². The number of carbonyl (C=O) groups excluding carboxylic acids is 1. The average molecular weight is 375 g/mol. The molecule has 26 heavy (non-hydrogen) atoms. The summed E-state index contributed by atoms with van der Waals surface area (Å²) in [6.45, 7) is 3.25. The largest absolute Gasteiger partial charge is 0.481 e. The summed E-state index contributed by atoms with van der Waals surface area (Å²) in [5, 5.41) is 9.93. The molecule has 3 fully saturated rings. The van der Waals surface area contributed by atoms with Crippen LogP contribution in [0.3, 0.4) is 0 Å². The van der Waals surface area contributed by atoms with E-state index in [9.17, 15) is 14.7 Å². The van der Waals surface area contributed by atoms with Gasteiger partial charge in [-0.05, 0) is 25.0 Å². The monoisotopic (exact) mass is 374 g/mol. The fourth-order valence-corrected chi connectivity index (χ4v) is 5.47. The van der Waals surface area contributed by atoms with Crippen LogP contribution in [0.5, 0.6) is 0 Å². The average Bonchev–Trinajstić information content (AvgIpc) is 3.09. The van der Waals surface area contributed by atoms with E-state index in [0.717, 1.165) is 38.1 Å². The highest BCUT2D eigenvalue weighted by molar-refractivity contribution is 7.99. The predicted octanol–water partition coefficient (Wildman–Crippen LogP) is 2.42. The molecular formula is C20H26N2O3S. The number of hydrogen-bond donors (Lipinski definition) is 1. The van der Waals surface area contributed by atoms with Gasteiger partial charge in [0.25, 0.3) is 0 Å². The van der Waals surface area contributed by atoms with Gasteiger partial charge in [0.15, 0.2) is 0 Å². The van der Waals surface area contributed by atoms with Crippen LogP contribution in [0.1, 0.15) is 19.3 Å². The fourth-order valence-electron chi connectivity index (χ4n) is 4.53. The predicted molar refractivity (Wildman–Crippen MR) is 101 cm³/mol. The SMILES string of the molecule is O=C(C1CCC1)N1C[C@H]2CN(CCSc3ccccc3)C[C@@]2(C(=O)O)C1. The van der Waals surface area contributed by atoms with Crippen LogP contribution >= 0.6 is 11.8 Å². The number of thioether (sulfide) groups is 1. The first-order valence-corrected chi connectivity index (χ1v) is 10.5. The Balaban J connectivity index is 1.34. The van der Waals surface area contributed by atoms with Gasteiger partial charge >= 0.3 is 5.97 Å². The van der Waals surface area contributed by atoms with Gasteiger partial charge in [0.1, 0.15) is 5.41 Å². The van der Waals surface area contributed by atoms with Crippen LogP contribution in [0.25, 0.3) is 0 Å². The van der Waals surface area contributed by atoms with Crippen molar-refractivity contribution < 1.29 is 14.7 Å². The maximum atomic E-state index is 12.6. The van der Waals surface area contributed by atoms with Crippen LogP contribution in [0.2, 0.25) is 0 Å². The van der Waals surface area contributed by atoms with Crippen LogP contribution in [0.4, 0.5) is 0 Å². The number of carboxylic acid groups (broad SMARTS) is 1. The molecule has 1 amide bonds. The molecule has 0 spiro atoms. The quantitative estimate of drug-likeness (QED) is 0.775. The molecule has 2 atom stereocenters. The first kappa shape index (κ1) is 17.9. The molecule has 0 aromatic heterocycles. The van der Waals surface area contributed by atoms with E-state index < -0.39 is 11.4 Å². The van der Waals surface area contributed by atoms with Crippen molar-refractivity contribution in [3.05, 3.63) is 30.3 Å². The van der Waals surface area contributed by atoms with Gasteiger partial charge in [-0.3, -0.25) is 9.59 Å². The Morgan fingerprint density at radius 3 is 2.54 bits per heavy atom. The summed E-state index contributed by atoms with van der Waals surface area (Å²) in [7, 11) is 0. The number of carboxylic acids is 1. The Kier molecular flexibility index (Phi) is 4.97. The molecule has 0 unspecified atom stereocenters. The Bertz CT molecular complexity index is 679. The molecule has 2 heterocycles. The highest BCUT2D eigenvalue weighted by Gasteiger charge is 2.58. The minimum absolute atomic E-state index is 0.0609. The summed E-state index contributed by atoms with van der Waals surface area (Å²) < 4.78 is 0. The smallest absolute Gasteiger partial charge is 0.313 e. The van der Waals surface area contributed by atoms with E-state index in [1.54, 1.807) is 0 Å². The van der Waals surface area contributed by atoms with Crippen LogP contribution in [0.15, 0.2) is 35.2 Å². The molecule has 0 radical (unpaired) electrons. The van der Waals surface area contributed by atoms with Gasteiger partial charge in [-0.2, -0.15) is 0 Å². The highest BCUT2D eigenvalue weighted by Crippen LogP contribution is 2.44. The summed E-state index contributed by atoms with van der Waals surface area (Å²) in [6, 6.07) is 10.3. The Labute approximate surface area is 158 Å². The van der Waals surface area contributed by atoms with Gasteiger partial charge in [0, 0.05) is 55.2 Å². The Morgan fingerprint density at radius 2 is 1.92 bits per heavy atom. The van der Waals surface area contributed by atoms with E-state index in [0.29, 0.717) is 19.6 Å². The molecule has 1 aliphatic carbocycles. The van der Waals surface area contributed by atoms with Crippen molar-refractivity contribution in [3.8, 4) is 0 Å². The standard InChI is InChI=1S/C20H26N2O3S/c23-18(15-5-4-6-15)22-12-16-11-21(13-20(16,14-22)19(24)25)9-10-26-17-7-2-1-3-8-17/h1-3,7-8,15-16H,4-6,9-14H2,(H,24,25)/t16-,20-/m1/s1. The van der Waals surface area contributed by atoms with Gasteiger partial charge in [-0.15, -0.1) is 11.8 Å². The van der Waals surface area contributed by atoms with E-state index in [4.69, 9.17) is 0 Å². The van der Waals surface area contributed by atoms with Crippen molar-refractivity contribution in [2.24, 2.45) is 17.3 Å². The van der Waals surface area contributed by atoms with Crippen molar-refractivity contribution in [3.63, 3.8) is 0 Å². The molecule has 4 rings (SSSR count). The van der Waals surface area contributed by atoms with Crippen molar-refractivity contribution in [1.82, 2.24) is 9.80 Å². The molecule has 1 saturated carbocycles. The molecular weight excluding hydrogens is 348 g/mol. The van der Waals surface area contributed by atoms with Crippen molar-refractivity contribution in [2.45, 2.75) is 24.2 Å². The minimum atomic E-state index is -0.767. The summed E-state index contributed by atoms with van der Waals surface area (Å²) in [4.78, 5) is 30.0. The van der Waals surface area contributed by atoms with Crippen LogP contribution in [-0.2, 0) is 9.59 Å². The highest BCUT2D eigenvalue weighted by atomic mass is 32.2. The second-order valence-corrected chi connectivity index (χ2v) is 9.07. The molecule has 140 valence electrons. The molecule has 6 heteroatoms. The molecule has 5 nitrogen and oxygen atoms in total. The van der Waals surface area contributed by atoms with Gasteiger partial charge in [-0.25, -0.2) is 0 Å². The zero-order chi connectivity index (χ0) is 18.1. The van der Waals surface area contributed by atoms with Crippen LogP contribution in [0, 0.1) is 17.3 Å². The van der Waals surface area contributed by atoms with Gasteiger partial charge in [0.05, 0.1) is 0 Å². The lowest BCUT2D eigenvalue weighted by atomic mass is 9.81. The Morgan fingerprint density at radius 1 is 1.15 bits per heavy atom. The van der Waals surface area contributed by atoms with Crippen LogP contribution < -0.4 is 0 Å². The van der Waals surface area contributed by atoms with Gasteiger partial charge in [-0.1, -0.05) is 24.6 Å². The normalized spacial score (nSPS) is 28.8. The van der Waals surface area contributed by atoms with E-state index in [1.807, 2.05) is 34.9 Å². The number of nitrogens with zero attached hydrogens (tertiary/aromatic N) is 2. The maximum absolute atomic E-state index is 12.6. The number of benzene rings is 1. The molecule has 0 bridgehead atoms. The summed E-state index contributed by atoms with van der Waals surface area (Å²) >= 11 is 1.81. The number of fused-ring (bicyclic) bond motifs is 1. The third kappa shape index (κ3) is 3.25. The summed E-state index contributed by atoms with van der Waals surface area (Å²) in [5.74, 6) is 0.628. The summed E-state index contributed by atoms with van der Waals surface area (Å²) in [5.41, 5.74) is -0.767. The lowest BCUT2D eigenvalue weighted by molar-refractivity contribution is -0.149. The minimum Gasteiger partial charge on any atom is -0.481 e. The number of rotatable bonds is 6. The number of amides is 1. The topological polar surface area (TPSA) is 60.9 Å². The van der Waals surface area contributed by atoms with E-state index in [-0.39, 0.29) is 17.7 Å². The first-order valence-electron chi connectivity index (χ1n) is 9.51. The molecule has 1 aromatic rings. The lowest BCUT2D eigenvalue weighted by Crippen LogP contribution is -2.44. The number of aliphatic carboxylic acids is 1. The lowest BCUT2D eigenvalue weighted by Gasteiger charge is -2.31. The van der Waals surface area contributed by atoms with E-state index in [2.05, 4.69) is 17.0 Å². The zero-order valence-corrected chi connectivity index (χ0v) is 15.8. The molecule has 3 aliphatic rings. The second kappa shape index (κ2) is 7.24. The molecule has 1 N–H and O–H groups in total. The molecule has 1 aromatic carbocycles. The second-order valence-electron chi connectivity index (χ2n) is 7.90. The number of likely N-dealkylation sites (tertiary alicyclic amines) is 2. The third-order valence-corrected chi connectivity index (χ3v) is 7.28. The van der Waals surface area contributed by atoms with Crippen molar-refractivity contribution in [1.29, 1.82) is 0 Å². The Hall–Kier alpha value is -1.53.